The molecular weight excluding hydrogens is 318 g/mol. The molecule has 0 saturated heterocycles. The van der Waals surface area contributed by atoms with Gasteiger partial charge in [-0.1, -0.05) is 59.2 Å². The zero-order valence-electron chi connectivity index (χ0n) is 15.2. The van der Waals surface area contributed by atoms with Crippen LogP contribution in [0, 0.1) is 0 Å². The lowest BCUT2D eigenvalue weighted by atomic mass is 9.80. The second-order valence-corrected chi connectivity index (χ2v) is 8.83. The van der Waals surface area contributed by atoms with Crippen molar-refractivity contribution in [2.45, 2.75) is 52.4 Å². The van der Waals surface area contributed by atoms with Gasteiger partial charge in [0.1, 0.15) is 5.52 Å². The fraction of sp³-hybridized carbons (Fsp3) is 0.381. The fourth-order valence-corrected chi connectivity index (χ4v) is 2.86. The highest BCUT2D eigenvalue weighted by atomic mass is 35.5. The largest absolute Gasteiger partial charge is 0.436 e. The molecule has 24 heavy (non-hydrogen) atoms. The van der Waals surface area contributed by atoms with Gasteiger partial charge < -0.3 is 4.42 Å². The van der Waals surface area contributed by atoms with Gasteiger partial charge in [-0.3, -0.25) is 0 Å². The van der Waals surface area contributed by atoms with Crippen LogP contribution in [0.3, 0.4) is 0 Å². The first kappa shape index (κ1) is 17.0. The molecule has 0 aliphatic carbocycles. The lowest BCUT2D eigenvalue weighted by Gasteiger charge is -2.24. The Kier molecular flexibility index (Phi) is 4.00. The lowest BCUT2D eigenvalue weighted by molar-refractivity contribution is 0.552. The Morgan fingerprint density at radius 2 is 1.50 bits per heavy atom. The van der Waals surface area contributed by atoms with Crippen LogP contribution in [0.2, 0.25) is 5.02 Å². The van der Waals surface area contributed by atoms with Crippen molar-refractivity contribution in [3.05, 3.63) is 52.5 Å². The van der Waals surface area contributed by atoms with Crippen molar-refractivity contribution in [2.75, 3.05) is 0 Å². The topological polar surface area (TPSA) is 26.0 Å². The van der Waals surface area contributed by atoms with Crippen LogP contribution < -0.4 is 0 Å². The van der Waals surface area contributed by atoms with Crippen molar-refractivity contribution in [1.82, 2.24) is 4.98 Å². The molecule has 0 aliphatic rings. The van der Waals surface area contributed by atoms with Crippen LogP contribution in [0.25, 0.3) is 22.6 Å². The molecule has 0 N–H and O–H groups in total. The third kappa shape index (κ3) is 3.21. The first-order valence-corrected chi connectivity index (χ1v) is 8.65. The molecule has 3 rings (SSSR count). The Morgan fingerprint density at radius 1 is 0.875 bits per heavy atom. The highest BCUT2D eigenvalue weighted by Gasteiger charge is 2.25. The van der Waals surface area contributed by atoms with E-state index in [1.807, 2.05) is 24.3 Å². The first-order valence-electron chi connectivity index (χ1n) is 8.27. The minimum Gasteiger partial charge on any atom is -0.436 e. The molecule has 1 heterocycles. The zero-order chi connectivity index (χ0) is 17.7. The van der Waals surface area contributed by atoms with Crippen molar-refractivity contribution < 1.29 is 4.42 Å². The molecule has 0 fully saturated rings. The van der Waals surface area contributed by atoms with Crippen molar-refractivity contribution in [3.63, 3.8) is 0 Å². The minimum absolute atomic E-state index is 0.0176. The normalized spacial score (nSPS) is 12.8. The van der Waals surface area contributed by atoms with Crippen molar-refractivity contribution in [1.29, 1.82) is 0 Å². The van der Waals surface area contributed by atoms with Gasteiger partial charge in [-0.25, -0.2) is 4.98 Å². The first-order chi connectivity index (χ1) is 11.1. The minimum atomic E-state index is -0.0176. The Hall–Kier alpha value is -1.80. The molecule has 2 aromatic carbocycles. The van der Waals surface area contributed by atoms with E-state index in [1.54, 1.807) is 0 Å². The van der Waals surface area contributed by atoms with Gasteiger partial charge in [-0.05, 0) is 46.7 Å². The molecule has 3 aromatic rings. The third-order valence-corrected chi connectivity index (χ3v) is 4.51. The van der Waals surface area contributed by atoms with E-state index in [-0.39, 0.29) is 10.8 Å². The summed E-state index contributed by atoms with van der Waals surface area (Å²) < 4.78 is 6.17. The quantitative estimate of drug-likeness (QED) is 0.489. The number of hydrogen-bond donors (Lipinski definition) is 0. The second-order valence-electron chi connectivity index (χ2n) is 8.40. The standard InChI is InChI=1S/C21H24ClNO/c1-20(2,3)14-11-16(21(4,5)6)18-17(12-14)23-19(24-18)13-7-9-15(22)10-8-13/h7-12H,1-6H3. The fourth-order valence-electron chi connectivity index (χ4n) is 2.74. The molecule has 0 atom stereocenters. The van der Waals surface area contributed by atoms with Crippen molar-refractivity contribution >= 4 is 22.7 Å². The van der Waals surface area contributed by atoms with E-state index < -0.39 is 0 Å². The summed E-state index contributed by atoms with van der Waals surface area (Å²) in [6.45, 7) is 13.3. The van der Waals surface area contributed by atoms with E-state index >= 15 is 0 Å². The van der Waals surface area contributed by atoms with E-state index in [2.05, 4.69) is 53.7 Å². The van der Waals surface area contributed by atoms with Gasteiger partial charge >= 0.3 is 0 Å². The monoisotopic (exact) mass is 341 g/mol. The predicted octanol–water partition coefficient (Wildman–Crippen LogP) is 6.74. The molecule has 0 saturated carbocycles. The summed E-state index contributed by atoms with van der Waals surface area (Å²) >= 11 is 5.98. The molecular formula is C21H24ClNO. The number of halogens is 1. The highest BCUT2D eigenvalue weighted by Crippen LogP contribution is 2.37. The van der Waals surface area contributed by atoms with E-state index in [0.717, 1.165) is 16.7 Å². The number of benzene rings is 2. The molecule has 0 unspecified atom stereocenters. The van der Waals surface area contributed by atoms with Crippen LogP contribution in [0.4, 0.5) is 0 Å². The molecule has 1 aromatic heterocycles. The predicted molar refractivity (Wildman–Crippen MR) is 102 cm³/mol. The summed E-state index contributed by atoms with van der Waals surface area (Å²) in [6, 6.07) is 12.0. The van der Waals surface area contributed by atoms with Gasteiger partial charge in [-0.2, -0.15) is 0 Å². The van der Waals surface area contributed by atoms with Crippen LogP contribution in [-0.2, 0) is 10.8 Å². The third-order valence-electron chi connectivity index (χ3n) is 4.26. The summed E-state index contributed by atoms with van der Waals surface area (Å²) in [5.41, 5.74) is 5.24. The molecule has 2 nitrogen and oxygen atoms in total. The Balaban J connectivity index is 2.26. The van der Waals surface area contributed by atoms with Crippen LogP contribution >= 0.6 is 11.6 Å². The second kappa shape index (κ2) is 5.63. The van der Waals surface area contributed by atoms with E-state index in [0.29, 0.717) is 10.9 Å². The van der Waals surface area contributed by atoms with Crippen LogP contribution in [0.5, 0.6) is 0 Å². The van der Waals surface area contributed by atoms with Gasteiger partial charge in [-0.15, -0.1) is 0 Å². The zero-order valence-corrected chi connectivity index (χ0v) is 16.0. The van der Waals surface area contributed by atoms with Crippen molar-refractivity contribution in [3.8, 4) is 11.5 Å². The summed E-state index contributed by atoms with van der Waals surface area (Å²) in [7, 11) is 0. The Labute approximate surface area is 148 Å². The summed E-state index contributed by atoms with van der Waals surface area (Å²) in [5.74, 6) is 0.637. The molecule has 0 amide bonds. The number of rotatable bonds is 1. The maximum Gasteiger partial charge on any atom is 0.227 e. The lowest BCUT2D eigenvalue weighted by Crippen LogP contribution is -2.16. The smallest absolute Gasteiger partial charge is 0.227 e. The van der Waals surface area contributed by atoms with E-state index in [1.165, 1.54) is 11.1 Å². The van der Waals surface area contributed by atoms with Gasteiger partial charge in [0, 0.05) is 16.1 Å². The average molecular weight is 342 g/mol. The summed E-state index contributed by atoms with van der Waals surface area (Å²) in [5, 5.41) is 0.709. The molecule has 0 spiro atoms. The number of aromatic nitrogens is 1. The SMILES string of the molecule is CC(C)(C)c1cc(C(C)(C)C)c2oc(-c3ccc(Cl)cc3)nc2c1. The number of hydrogen-bond acceptors (Lipinski definition) is 2. The molecule has 3 heteroatoms. The molecule has 0 aliphatic heterocycles. The number of oxazole rings is 1. The molecule has 0 radical (unpaired) electrons. The van der Waals surface area contributed by atoms with Crippen LogP contribution in [0.15, 0.2) is 40.8 Å². The maximum absolute atomic E-state index is 6.17. The van der Waals surface area contributed by atoms with E-state index in [9.17, 15) is 0 Å². The van der Waals surface area contributed by atoms with Crippen LogP contribution in [0.1, 0.15) is 52.7 Å². The Bertz CT molecular complexity index is 877. The summed E-state index contributed by atoms with van der Waals surface area (Å²) in [6.07, 6.45) is 0. The van der Waals surface area contributed by atoms with Gasteiger partial charge in [0.05, 0.1) is 0 Å². The Morgan fingerprint density at radius 3 is 2.04 bits per heavy atom. The number of fused-ring (bicyclic) bond motifs is 1. The molecule has 0 bridgehead atoms. The maximum atomic E-state index is 6.17. The van der Waals surface area contributed by atoms with Crippen LogP contribution in [-0.4, -0.2) is 4.98 Å². The van der Waals surface area contributed by atoms with E-state index in [4.69, 9.17) is 21.0 Å². The highest BCUT2D eigenvalue weighted by molar-refractivity contribution is 6.30. The molecule has 126 valence electrons. The number of nitrogens with zero attached hydrogens (tertiary/aromatic N) is 1. The average Bonchev–Trinajstić information content (AvgIpc) is 2.88. The van der Waals surface area contributed by atoms with Gasteiger partial charge in [0.15, 0.2) is 5.58 Å². The van der Waals surface area contributed by atoms with Gasteiger partial charge in [0.2, 0.25) is 5.89 Å². The van der Waals surface area contributed by atoms with Crippen molar-refractivity contribution in [2.24, 2.45) is 0 Å². The van der Waals surface area contributed by atoms with Gasteiger partial charge in [0.25, 0.3) is 0 Å². The summed E-state index contributed by atoms with van der Waals surface area (Å²) in [4.78, 5) is 4.75.